The lowest BCUT2D eigenvalue weighted by atomic mass is 11.9. The standard InChI is InChI=1S/C3H5P3/c1-6-2-4-5-3-6/h2-3H,1H3. The average Bonchev–Trinajstić information content (AvgIpc) is 1.86. The van der Waals surface area contributed by atoms with Crippen molar-refractivity contribution < 1.29 is 0 Å². The molecule has 0 atom stereocenters. The Bertz CT molecular complexity index is 110. The summed E-state index contributed by atoms with van der Waals surface area (Å²) in [5, 5.41) is 0. The van der Waals surface area contributed by atoms with E-state index in [-0.39, 0.29) is 7.53 Å². The van der Waals surface area contributed by atoms with Crippen LogP contribution in [0.4, 0.5) is 0 Å². The summed E-state index contributed by atoms with van der Waals surface area (Å²) in [5.74, 6) is 0. The van der Waals surface area contributed by atoms with Crippen molar-refractivity contribution in [2.24, 2.45) is 6.66 Å². The maximum Gasteiger partial charge on any atom is -0.0104 e. The van der Waals surface area contributed by atoms with Gasteiger partial charge >= 0.3 is 0 Å². The average molecular weight is 134 g/mol. The normalized spacial score (nSPS) is 14.5. The molecule has 0 N–H and O–H groups in total. The molecule has 0 amide bonds. The van der Waals surface area contributed by atoms with Gasteiger partial charge in [0.15, 0.2) is 0 Å². The second-order valence-electron chi connectivity index (χ2n) is 1.13. The lowest BCUT2D eigenvalue weighted by Crippen LogP contribution is -1.22. The molecule has 0 nitrogen and oxygen atoms in total. The van der Waals surface area contributed by atoms with Gasteiger partial charge in [0, 0.05) is 0 Å². The van der Waals surface area contributed by atoms with Gasteiger partial charge in [-0.25, -0.2) is 0 Å². The minimum Gasteiger partial charge on any atom is -0.118 e. The van der Waals surface area contributed by atoms with Crippen LogP contribution < -0.4 is 0 Å². The summed E-state index contributed by atoms with van der Waals surface area (Å²) in [6, 6.07) is 0. The molecule has 0 fully saturated rings. The quantitative estimate of drug-likeness (QED) is 0.510. The van der Waals surface area contributed by atoms with E-state index in [9.17, 15) is 0 Å². The van der Waals surface area contributed by atoms with E-state index in [2.05, 4.69) is 17.7 Å². The summed E-state index contributed by atoms with van der Waals surface area (Å²) in [5.41, 5.74) is 4.74. The van der Waals surface area contributed by atoms with Crippen LogP contribution in [0.2, 0.25) is 0 Å². The predicted octanol–water partition coefficient (Wildman–Crippen LogP) is 3.37. The number of aryl methyl sites for hydroxylation is 1. The highest BCUT2D eigenvalue weighted by Crippen LogP contribution is 2.36. The van der Waals surface area contributed by atoms with Crippen molar-refractivity contribution in [2.45, 2.75) is 0 Å². The van der Waals surface area contributed by atoms with Gasteiger partial charge in [0.25, 0.3) is 0 Å². The summed E-state index contributed by atoms with van der Waals surface area (Å²) in [6.45, 7) is 2.28. The smallest absolute Gasteiger partial charge is 0.0104 e. The van der Waals surface area contributed by atoms with E-state index in [1.807, 2.05) is 0 Å². The van der Waals surface area contributed by atoms with Crippen LogP contribution in [0.5, 0.6) is 0 Å². The first-order chi connectivity index (χ1) is 2.89. The van der Waals surface area contributed by atoms with Gasteiger partial charge in [-0.1, -0.05) is 0 Å². The molecular weight excluding hydrogens is 129 g/mol. The molecular formula is C3H5P3. The van der Waals surface area contributed by atoms with E-state index in [0.717, 1.165) is 0 Å². The second-order valence-corrected chi connectivity index (χ2v) is 6.15. The molecule has 1 heterocycles. The van der Waals surface area contributed by atoms with Crippen LogP contribution in [0.25, 0.3) is 0 Å². The Morgan fingerprint density at radius 2 is 1.83 bits per heavy atom. The first-order valence-electron chi connectivity index (χ1n) is 1.68. The monoisotopic (exact) mass is 134 g/mol. The van der Waals surface area contributed by atoms with E-state index in [0.29, 0.717) is 0 Å². The summed E-state index contributed by atoms with van der Waals surface area (Å²) in [7, 11) is 3.27. The van der Waals surface area contributed by atoms with E-state index >= 15 is 0 Å². The highest BCUT2D eigenvalue weighted by atomic mass is 31.8. The molecule has 0 aromatic carbocycles. The van der Waals surface area contributed by atoms with Gasteiger partial charge in [-0.2, -0.15) is 0 Å². The second kappa shape index (κ2) is 2.08. The molecule has 0 unspecified atom stereocenters. The van der Waals surface area contributed by atoms with Crippen molar-refractivity contribution in [2.75, 3.05) is 0 Å². The molecule has 0 radical (unpaired) electrons. The SMILES string of the molecule is Cp1cppc1. The van der Waals surface area contributed by atoms with Crippen LogP contribution in [-0.2, 0) is 6.66 Å². The fraction of sp³-hybridized carbons (Fsp3) is 0.333. The van der Waals surface area contributed by atoms with Crippen LogP contribution in [0.15, 0.2) is 11.1 Å². The largest absolute Gasteiger partial charge is 0.118 e. The first kappa shape index (κ1) is 4.79. The molecule has 0 saturated carbocycles. The van der Waals surface area contributed by atoms with Gasteiger partial charge < -0.3 is 0 Å². The van der Waals surface area contributed by atoms with Crippen molar-refractivity contribution in [1.82, 2.24) is 0 Å². The predicted molar refractivity (Wildman–Crippen MR) is 35.2 cm³/mol. The molecule has 0 aliphatic heterocycles. The highest BCUT2D eigenvalue weighted by Gasteiger charge is 1.73. The number of rotatable bonds is 0. The lowest BCUT2D eigenvalue weighted by molar-refractivity contribution is 2.13. The van der Waals surface area contributed by atoms with E-state index < -0.39 is 0 Å². The zero-order chi connectivity index (χ0) is 4.41. The van der Waals surface area contributed by atoms with Gasteiger partial charge in [0.05, 0.1) is 0 Å². The highest BCUT2D eigenvalue weighted by molar-refractivity contribution is 7.96. The summed E-state index contributed by atoms with van der Waals surface area (Å²) < 4.78 is 0. The third-order valence-corrected chi connectivity index (χ3v) is 6.67. The minimum atomic E-state index is 0.260. The zero-order valence-electron chi connectivity index (χ0n) is 3.50. The van der Waals surface area contributed by atoms with Crippen molar-refractivity contribution in [1.29, 1.82) is 0 Å². The Morgan fingerprint density at radius 1 is 1.33 bits per heavy atom. The fourth-order valence-electron chi connectivity index (χ4n) is 0.252. The van der Waals surface area contributed by atoms with Gasteiger partial charge in [0.2, 0.25) is 0 Å². The summed E-state index contributed by atoms with van der Waals surface area (Å²) >= 11 is 0. The van der Waals surface area contributed by atoms with Crippen molar-refractivity contribution in [3.63, 3.8) is 0 Å². The van der Waals surface area contributed by atoms with E-state index in [4.69, 9.17) is 0 Å². The van der Waals surface area contributed by atoms with Crippen LogP contribution in [0, 0.1) is 0 Å². The van der Waals surface area contributed by atoms with Crippen molar-refractivity contribution >= 4 is 23.3 Å². The Labute approximate surface area is 41.8 Å². The molecule has 6 heavy (non-hydrogen) atoms. The van der Waals surface area contributed by atoms with E-state index in [1.165, 1.54) is 15.7 Å². The molecule has 1 rings (SSSR count). The molecule has 0 aliphatic rings. The minimum absolute atomic E-state index is 0.260. The molecule has 0 aliphatic carbocycles. The molecule has 3 heteroatoms. The van der Waals surface area contributed by atoms with Gasteiger partial charge in [0.1, 0.15) is 0 Å². The number of hydrogen-bond acceptors (Lipinski definition) is 0. The third-order valence-electron chi connectivity index (χ3n) is 0.534. The van der Waals surface area contributed by atoms with Gasteiger partial charge in [-0.05, 0) is 33.5 Å². The molecule has 0 saturated heterocycles. The summed E-state index contributed by atoms with van der Waals surface area (Å²) in [6.07, 6.45) is 0. The summed E-state index contributed by atoms with van der Waals surface area (Å²) in [4.78, 5) is 0. The first-order valence-corrected chi connectivity index (χ1v) is 6.24. The third kappa shape index (κ3) is 1.05. The van der Waals surface area contributed by atoms with E-state index in [1.54, 1.807) is 0 Å². The van der Waals surface area contributed by atoms with Crippen LogP contribution in [0.3, 0.4) is 0 Å². The molecule has 0 bridgehead atoms. The molecule has 1 aromatic rings. The Morgan fingerprint density at radius 3 is 2.00 bits per heavy atom. The van der Waals surface area contributed by atoms with Crippen LogP contribution in [0.1, 0.15) is 0 Å². The molecule has 32 valence electrons. The van der Waals surface area contributed by atoms with Crippen molar-refractivity contribution in [3.8, 4) is 0 Å². The molecule has 0 spiro atoms. The lowest BCUT2D eigenvalue weighted by Gasteiger charge is -1.68. The Balaban J connectivity index is 3.05. The van der Waals surface area contributed by atoms with Crippen molar-refractivity contribution in [3.05, 3.63) is 11.1 Å². The topological polar surface area (TPSA) is 0 Å². The maximum atomic E-state index is 2.37. The van der Waals surface area contributed by atoms with Gasteiger partial charge in [-0.15, -0.1) is 7.53 Å². The Kier molecular flexibility index (Phi) is 1.66. The molecule has 1 aromatic heterocycles. The number of hydrogen-bond donors (Lipinski definition) is 0. The van der Waals surface area contributed by atoms with Crippen LogP contribution in [-0.4, -0.2) is 0 Å². The maximum absolute atomic E-state index is 2.37. The fourth-order valence-corrected chi connectivity index (χ4v) is 6.81. The van der Waals surface area contributed by atoms with Crippen LogP contribution >= 0.6 is 23.3 Å². The van der Waals surface area contributed by atoms with Gasteiger partial charge in [-0.3, -0.25) is 0 Å². The zero-order valence-corrected chi connectivity index (χ0v) is 6.18. The Hall–Kier alpha value is 0.640.